The van der Waals surface area contributed by atoms with E-state index in [0.717, 1.165) is 4.90 Å². The van der Waals surface area contributed by atoms with Gasteiger partial charge in [0.05, 0.1) is 105 Å². The molecular weight excluding hydrogens is 1410 g/mol. The first-order chi connectivity index (χ1) is 51.7. The molecule has 0 aliphatic rings. The lowest BCUT2D eigenvalue weighted by atomic mass is 9.95. The molecule has 108 heavy (non-hydrogen) atoms. The van der Waals surface area contributed by atoms with Crippen LogP contribution in [0.4, 0.5) is 0 Å². The van der Waals surface area contributed by atoms with Gasteiger partial charge in [-0.05, 0) is 103 Å². The Kier molecular flexibility index (Phi) is 57.7. The van der Waals surface area contributed by atoms with Crippen molar-refractivity contribution in [3.63, 3.8) is 0 Å². The molecule has 0 fully saturated rings. The van der Waals surface area contributed by atoms with E-state index in [-0.39, 0.29) is 163 Å². The van der Waals surface area contributed by atoms with Crippen molar-refractivity contribution in [1.82, 2.24) is 59.6 Å². The van der Waals surface area contributed by atoms with Crippen molar-refractivity contribution >= 4 is 82.6 Å². The summed E-state index contributed by atoms with van der Waals surface area (Å²) in [6.45, 7) is -1.57. The third kappa shape index (κ3) is 44.7. The van der Waals surface area contributed by atoms with Crippen LogP contribution >= 0.6 is 0 Å². The summed E-state index contributed by atoms with van der Waals surface area (Å²) in [6, 6.07) is -1.08. The standard InChI is InChI=1S/C70H131N17O21/c1-55(88)76-26-15-10-20-58(70(75)101)77-60(91)46-83(32-39-104-5)61(92)44-57(21-37-102-3)59(90)45-79(27-16-11-22-71)63(94)51-84(33-40-105-6)67(98)49-81(29-18-13-24-73)65(96)53-86(35-42-107-8)69(100)54-87(36-43-108-9)68(99)50-82(30-19-14-25-74)64(95)52-85(34-41-106-7)66(97)48-80(28-17-12-23-72)62(93)47-78(56(2)89)31-38-103-4/h57-58H,10-54,71-74H2,1-9H3,(H2,75,101)(H,76,88)(H,77,91)/t57?,58-/m0/s1. The van der Waals surface area contributed by atoms with Gasteiger partial charge in [0.15, 0.2) is 5.78 Å². The second-order valence-corrected chi connectivity index (χ2v) is 25.9. The Hall–Kier alpha value is -7.66. The second-order valence-electron chi connectivity index (χ2n) is 25.9. The van der Waals surface area contributed by atoms with E-state index in [4.69, 9.17) is 61.8 Å². The molecule has 0 heterocycles. The maximum Gasteiger partial charge on any atom is 0.242 e. The number of nitrogens with zero attached hydrogens (tertiary/aromatic N) is 10. The molecule has 38 heteroatoms. The van der Waals surface area contributed by atoms with Gasteiger partial charge >= 0.3 is 0 Å². The van der Waals surface area contributed by atoms with Crippen LogP contribution in [0.3, 0.4) is 0 Å². The molecule has 0 aromatic carbocycles. The number of methoxy groups -OCH3 is 7. The maximum atomic E-state index is 14.7. The number of unbranched alkanes of at least 4 members (excludes halogenated alkanes) is 5. The minimum Gasteiger partial charge on any atom is -0.385 e. The summed E-state index contributed by atoms with van der Waals surface area (Å²) >= 11 is 0. The Morgan fingerprint density at radius 1 is 0.315 bits per heavy atom. The summed E-state index contributed by atoms with van der Waals surface area (Å²) in [5, 5.41) is 5.24. The van der Waals surface area contributed by atoms with Gasteiger partial charge in [0.2, 0.25) is 76.8 Å². The number of carbonyl (C=O) groups excluding carboxylic acids is 14. The predicted octanol–water partition coefficient (Wildman–Crippen LogP) is -4.99. The normalized spacial score (nSPS) is 11.6. The Morgan fingerprint density at radius 3 is 0.870 bits per heavy atom. The van der Waals surface area contributed by atoms with Crippen molar-refractivity contribution < 1.29 is 100 Å². The topological polar surface area (TPSA) is 490 Å². The number of amides is 13. The summed E-state index contributed by atoms with van der Waals surface area (Å²) < 4.78 is 37.0. The first kappa shape index (κ1) is 100. The van der Waals surface area contributed by atoms with Crippen LogP contribution in [0.2, 0.25) is 0 Å². The average Bonchev–Trinajstić information content (AvgIpc) is 0.864. The zero-order valence-electron chi connectivity index (χ0n) is 65.9. The van der Waals surface area contributed by atoms with E-state index in [1.54, 1.807) is 0 Å². The van der Waals surface area contributed by atoms with Gasteiger partial charge in [-0.1, -0.05) is 0 Å². The van der Waals surface area contributed by atoms with Gasteiger partial charge in [-0.2, -0.15) is 0 Å². The smallest absolute Gasteiger partial charge is 0.242 e. The lowest BCUT2D eigenvalue weighted by Gasteiger charge is -2.33. The van der Waals surface area contributed by atoms with E-state index >= 15 is 0 Å². The quantitative estimate of drug-likeness (QED) is 0.0280. The van der Waals surface area contributed by atoms with E-state index in [1.807, 2.05) is 0 Å². The predicted molar refractivity (Wildman–Crippen MR) is 399 cm³/mol. The minimum atomic E-state index is -1.08. The fourth-order valence-corrected chi connectivity index (χ4v) is 10.8. The first-order valence-corrected chi connectivity index (χ1v) is 37.1. The van der Waals surface area contributed by atoms with E-state index in [0.29, 0.717) is 77.3 Å². The zero-order chi connectivity index (χ0) is 81.2. The molecule has 2 atom stereocenters. The van der Waals surface area contributed by atoms with Crippen molar-refractivity contribution in [2.24, 2.45) is 34.6 Å². The summed E-state index contributed by atoms with van der Waals surface area (Å²) in [5.41, 5.74) is 29.0. The van der Waals surface area contributed by atoms with Gasteiger partial charge in [-0.3, -0.25) is 67.1 Å². The largest absolute Gasteiger partial charge is 0.385 e. The number of Topliss-reactive ketones (excluding diaryl/α,β-unsaturated/α-hetero) is 1. The molecule has 1 unspecified atom stereocenters. The van der Waals surface area contributed by atoms with Gasteiger partial charge in [0.25, 0.3) is 0 Å². The Morgan fingerprint density at radius 2 is 0.593 bits per heavy atom. The molecule has 12 N–H and O–H groups in total. The van der Waals surface area contributed by atoms with Crippen LogP contribution in [0.5, 0.6) is 0 Å². The molecule has 0 saturated carbocycles. The summed E-state index contributed by atoms with van der Waals surface area (Å²) in [4.78, 5) is 206. The number of nitrogens with one attached hydrogen (secondary N) is 2. The van der Waals surface area contributed by atoms with Crippen LogP contribution in [-0.2, 0) is 100 Å². The second kappa shape index (κ2) is 62.1. The van der Waals surface area contributed by atoms with E-state index in [9.17, 15) is 67.1 Å². The molecule has 0 radical (unpaired) electrons. The number of nitrogens with two attached hydrogens (primary N) is 5. The minimum absolute atomic E-state index is 0.00123. The fraction of sp³-hybridized carbons (Fsp3) is 0.800. The fourth-order valence-electron chi connectivity index (χ4n) is 10.8. The Balaban J connectivity index is 7.11. The molecule has 0 aliphatic carbocycles. The van der Waals surface area contributed by atoms with Gasteiger partial charge in [-0.25, -0.2) is 0 Å². The molecular formula is C70H131N17O21. The van der Waals surface area contributed by atoms with E-state index < -0.39 is 148 Å². The van der Waals surface area contributed by atoms with Crippen molar-refractivity contribution in [2.75, 3.05) is 260 Å². The Bertz CT molecular complexity index is 2670. The number of ether oxygens (including phenoxy) is 7. The van der Waals surface area contributed by atoms with Crippen molar-refractivity contribution in [3.8, 4) is 0 Å². The molecule has 0 aromatic heterocycles. The SMILES string of the molecule is COCCC(CC(=O)N(CCOC)CC(=O)N[C@@H](CCCCNC(C)=O)C(N)=O)C(=O)CN(CCCCN)C(=O)CN(CCOC)C(=O)CN(CCCCN)C(=O)CN(CCOC)C(=O)CN(CCOC)C(=O)CN(CCCCN)C(=O)CN(CCOC)C(=O)CN(CCCCN)C(=O)CN(CCOC)C(C)=O. The van der Waals surface area contributed by atoms with Gasteiger partial charge < -0.3 is 121 Å². The number of carbonyl (C=O) groups is 14. The van der Waals surface area contributed by atoms with E-state index in [2.05, 4.69) is 10.6 Å². The number of primary amides is 1. The number of rotatable bonds is 67. The van der Waals surface area contributed by atoms with Crippen LogP contribution in [0, 0.1) is 5.92 Å². The number of hydrogen-bond donors (Lipinski definition) is 7. The molecule has 0 spiro atoms. The highest BCUT2D eigenvalue weighted by Crippen LogP contribution is 2.17. The molecule has 13 amide bonds. The highest BCUT2D eigenvalue weighted by molar-refractivity contribution is 5.96. The lowest BCUT2D eigenvalue weighted by molar-refractivity contribution is -0.149. The van der Waals surface area contributed by atoms with Gasteiger partial charge in [0, 0.05) is 155 Å². The molecule has 0 aliphatic heterocycles. The average molecular weight is 1550 g/mol. The zero-order valence-corrected chi connectivity index (χ0v) is 65.9. The maximum absolute atomic E-state index is 14.7. The monoisotopic (exact) mass is 1550 g/mol. The third-order valence-corrected chi connectivity index (χ3v) is 17.3. The summed E-state index contributed by atoms with van der Waals surface area (Å²) in [6.07, 6.45) is 4.07. The molecule has 0 bridgehead atoms. The van der Waals surface area contributed by atoms with Gasteiger partial charge in [-0.15, -0.1) is 0 Å². The molecule has 622 valence electrons. The lowest BCUT2D eigenvalue weighted by Crippen LogP contribution is -2.53. The highest BCUT2D eigenvalue weighted by atomic mass is 16.5. The Labute approximate surface area is 637 Å². The van der Waals surface area contributed by atoms with Crippen LogP contribution < -0.4 is 39.3 Å². The molecule has 38 nitrogen and oxygen atoms in total. The van der Waals surface area contributed by atoms with Crippen LogP contribution in [0.25, 0.3) is 0 Å². The molecule has 0 aromatic rings. The van der Waals surface area contributed by atoms with Crippen LogP contribution in [0.15, 0.2) is 0 Å². The molecule has 0 saturated heterocycles. The van der Waals surface area contributed by atoms with Crippen molar-refractivity contribution in [2.45, 2.75) is 103 Å². The van der Waals surface area contributed by atoms with Crippen LogP contribution in [0.1, 0.15) is 97.3 Å². The van der Waals surface area contributed by atoms with Gasteiger partial charge in [0.1, 0.15) is 6.04 Å². The first-order valence-electron chi connectivity index (χ1n) is 37.1. The highest BCUT2D eigenvalue weighted by Gasteiger charge is 2.34. The number of hydrogen-bond acceptors (Lipinski definition) is 25. The van der Waals surface area contributed by atoms with E-state index in [1.165, 1.54) is 108 Å². The van der Waals surface area contributed by atoms with Crippen LogP contribution in [-0.4, -0.2) is 397 Å². The summed E-state index contributed by atoms with van der Waals surface area (Å²) in [5.74, 6) is -9.54. The van der Waals surface area contributed by atoms with Crippen molar-refractivity contribution in [1.29, 1.82) is 0 Å². The van der Waals surface area contributed by atoms with Crippen molar-refractivity contribution in [3.05, 3.63) is 0 Å². The number of ketones is 1. The summed E-state index contributed by atoms with van der Waals surface area (Å²) in [7, 11) is 9.84. The third-order valence-electron chi connectivity index (χ3n) is 17.3. The molecule has 0 rings (SSSR count).